The zero-order chi connectivity index (χ0) is 16.4. The number of carbonyl (C=O) groups excluding carboxylic acids is 1. The lowest BCUT2D eigenvalue weighted by molar-refractivity contribution is -0.384. The third-order valence-electron chi connectivity index (χ3n) is 3.45. The number of hydrogen-bond acceptors (Lipinski definition) is 5. The minimum atomic E-state index is -0.805. The molecule has 0 unspecified atom stereocenters. The van der Waals surface area contributed by atoms with Crippen LogP contribution in [0.5, 0.6) is 11.5 Å². The van der Waals surface area contributed by atoms with Crippen LogP contribution in [0, 0.1) is 10.1 Å². The van der Waals surface area contributed by atoms with Gasteiger partial charge in [-0.3, -0.25) is 14.9 Å². The Labute approximate surface area is 132 Å². The average Bonchev–Trinajstić information content (AvgIpc) is 2.54. The highest BCUT2D eigenvalue weighted by Gasteiger charge is 2.34. The largest absolute Gasteiger partial charge is 0.482 e. The molecule has 118 valence electrons. The van der Waals surface area contributed by atoms with Gasteiger partial charge in [0, 0.05) is 17.8 Å². The molecule has 23 heavy (non-hydrogen) atoms. The Balaban J connectivity index is 1.72. The third-order valence-corrected chi connectivity index (χ3v) is 3.45. The standard InChI is InChI=1S/C16H14N2O5/c1-10-15(23-14-5-3-2-4-13(14)22-10)16(19)17-11-6-8-12(9-7-11)18(20)21/h2-10,15H,1H3,(H,17,19)/t10-,15-/m0/s1. The molecule has 0 saturated heterocycles. The van der Waals surface area contributed by atoms with Crippen LogP contribution in [0.2, 0.25) is 0 Å². The summed E-state index contributed by atoms with van der Waals surface area (Å²) in [5, 5.41) is 13.3. The smallest absolute Gasteiger partial charge is 0.269 e. The SMILES string of the molecule is C[C@@H]1Oc2ccccc2O[C@@H]1C(=O)Nc1ccc([N+](=O)[O-])cc1. The lowest BCUT2D eigenvalue weighted by atomic mass is 10.1. The van der Waals surface area contributed by atoms with E-state index in [0.717, 1.165) is 0 Å². The van der Waals surface area contributed by atoms with Gasteiger partial charge in [-0.05, 0) is 31.2 Å². The second-order valence-electron chi connectivity index (χ2n) is 5.10. The summed E-state index contributed by atoms with van der Waals surface area (Å²) >= 11 is 0. The Morgan fingerprint density at radius 2 is 1.70 bits per heavy atom. The number of non-ortho nitro benzene ring substituents is 1. The summed E-state index contributed by atoms with van der Waals surface area (Å²) in [5.41, 5.74) is 0.415. The summed E-state index contributed by atoms with van der Waals surface area (Å²) in [5.74, 6) is 0.731. The van der Waals surface area contributed by atoms with E-state index in [9.17, 15) is 14.9 Å². The molecule has 2 atom stereocenters. The number of para-hydroxylation sites is 2. The molecule has 0 spiro atoms. The number of ether oxygens (including phenoxy) is 2. The van der Waals surface area contributed by atoms with Gasteiger partial charge in [0.1, 0.15) is 6.10 Å². The zero-order valence-corrected chi connectivity index (χ0v) is 12.3. The van der Waals surface area contributed by atoms with Gasteiger partial charge in [0.15, 0.2) is 11.5 Å². The molecule has 1 N–H and O–H groups in total. The molecule has 0 aromatic heterocycles. The monoisotopic (exact) mass is 314 g/mol. The normalized spacial score (nSPS) is 19.0. The number of nitrogens with one attached hydrogen (secondary N) is 1. The molecule has 1 amide bonds. The number of nitrogens with zero attached hydrogens (tertiary/aromatic N) is 1. The summed E-state index contributed by atoms with van der Waals surface area (Å²) in [6.45, 7) is 1.75. The second kappa shape index (κ2) is 5.96. The molecule has 2 aromatic carbocycles. The van der Waals surface area contributed by atoms with E-state index in [1.54, 1.807) is 25.1 Å². The first-order chi connectivity index (χ1) is 11.0. The Morgan fingerprint density at radius 1 is 1.09 bits per heavy atom. The van der Waals surface area contributed by atoms with Crippen LogP contribution in [0.25, 0.3) is 0 Å². The Hall–Kier alpha value is -3.09. The van der Waals surface area contributed by atoms with Crippen molar-refractivity contribution in [3.05, 3.63) is 58.6 Å². The highest BCUT2D eigenvalue weighted by Crippen LogP contribution is 2.33. The first kappa shape index (κ1) is 14.8. The van der Waals surface area contributed by atoms with E-state index in [0.29, 0.717) is 17.2 Å². The molecule has 7 nitrogen and oxygen atoms in total. The topological polar surface area (TPSA) is 90.7 Å². The van der Waals surface area contributed by atoms with Crippen molar-refractivity contribution in [2.75, 3.05) is 5.32 Å². The maximum atomic E-state index is 12.4. The summed E-state index contributed by atoms with van der Waals surface area (Å²) in [7, 11) is 0. The van der Waals surface area contributed by atoms with Gasteiger partial charge in [-0.2, -0.15) is 0 Å². The Kier molecular flexibility index (Phi) is 3.84. The molecule has 2 aromatic rings. The summed E-state index contributed by atoms with van der Waals surface area (Å²) in [4.78, 5) is 22.5. The molecular weight excluding hydrogens is 300 g/mol. The van der Waals surface area contributed by atoms with Crippen molar-refractivity contribution >= 4 is 17.3 Å². The quantitative estimate of drug-likeness (QED) is 0.695. The summed E-state index contributed by atoms with van der Waals surface area (Å²) in [6.07, 6.45) is -1.26. The number of amides is 1. The van der Waals surface area contributed by atoms with Crippen molar-refractivity contribution in [3.8, 4) is 11.5 Å². The number of hydrogen-bond donors (Lipinski definition) is 1. The highest BCUT2D eigenvalue weighted by atomic mass is 16.6. The number of benzene rings is 2. The van der Waals surface area contributed by atoms with E-state index in [1.165, 1.54) is 24.3 Å². The maximum absolute atomic E-state index is 12.4. The van der Waals surface area contributed by atoms with Gasteiger partial charge in [0.2, 0.25) is 6.10 Å². The van der Waals surface area contributed by atoms with E-state index < -0.39 is 17.1 Å². The van der Waals surface area contributed by atoms with E-state index >= 15 is 0 Å². The lowest BCUT2D eigenvalue weighted by Crippen LogP contribution is -2.46. The van der Waals surface area contributed by atoms with Crippen LogP contribution in [-0.4, -0.2) is 23.0 Å². The van der Waals surface area contributed by atoms with E-state index in [-0.39, 0.29) is 11.6 Å². The first-order valence-electron chi connectivity index (χ1n) is 7.02. The van der Waals surface area contributed by atoms with Crippen molar-refractivity contribution in [1.82, 2.24) is 0 Å². The highest BCUT2D eigenvalue weighted by molar-refractivity contribution is 5.95. The molecule has 0 radical (unpaired) electrons. The van der Waals surface area contributed by atoms with Crippen molar-refractivity contribution < 1.29 is 19.2 Å². The van der Waals surface area contributed by atoms with Gasteiger partial charge in [-0.15, -0.1) is 0 Å². The lowest BCUT2D eigenvalue weighted by Gasteiger charge is -2.30. The first-order valence-corrected chi connectivity index (χ1v) is 7.02. The van der Waals surface area contributed by atoms with Crippen LogP contribution >= 0.6 is 0 Å². The van der Waals surface area contributed by atoms with Crippen LogP contribution in [-0.2, 0) is 4.79 Å². The minimum Gasteiger partial charge on any atom is -0.482 e. The predicted molar refractivity (Wildman–Crippen MR) is 82.7 cm³/mol. The molecule has 3 rings (SSSR count). The maximum Gasteiger partial charge on any atom is 0.269 e. The Morgan fingerprint density at radius 3 is 2.30 bits per heavy atom. The van der Waals surface area contributed by atoms with Crippen LogP contribution in [0.1, 0.15) is 6.92 Å². The number of fused-ring (bicyclic) bond motifs is 1. The van der Waals surface area contributed by atoms with E-state index in [1.807, 2.05) is 6.07 Å². The molecule has 0 fully saturated rings. The molecule has 7 heteroatoms. The number of nitro groups is 1. The van der Waals surface area contributed by atoms with E-state index in [4.69, 9.17) is 9.47 Å². The van der Waals surface area contributed by atoms with Crippen LogP contribution < -0.4 is 14.8 Å². The second-order valence-corrected chi connectivity index (χ2v) is 5.10. The van der Waals surface area contributed by atoms with Crippen LogP contribution in [0.3, 0.4) is 0 Å². The van der Waals surface area contributed by atoms with Crippen molar-refractivity contribution in [3.63, 3.8) is 0 Å². The van der Waals surface area contributed by atoms with Gasteiger partial charge in [-0.25, -0.2) is 0 Å². The fraction of sp³-hybridized carbons (Fsp3) is 0.188. The van der Waals surface area contributed by atoms with Crippen LogP contribution in [0.15, 0.2) is 48.5 Å². The number of anilines is 1. The van der Waals surface area contributed by atoms with Crippen LogP contribution in [0.4, 0.5) is 11.4 Å². The molecule has 1 aliphatic heterocycles. The van der Waals surface area contributed by atoms with Gasteiger partial charge >= 0.3 is 0 Å². The molecule has 1 heterocycles. The summed E-state index contributed by atoms with van der Waals surface area (Å²) < 4.78 is 11.4. The van der Waals surface area contributed by atoms with Crippen molar-refractivity contribution in [1.29, 1.82) is 0 Å². The van der Waals surface area contributed by atoms with Crippen molar-refractivity contribution in [2.24, 2.45) is 0 Å². The number of rotatable bonds is 3. The fourth-order valence-corrected chi connectivity index (χ4v) is 2.29. The van der Waals surface area contributed by atoms with E-state index in [2.05, 4.69) is 5.32 Å². The Bertz CT molecular complexity index is 744. The number of carbonyl (C=O) groups is 1. The zero-order valence-electron chi connectivity index (χ0n) is 12.3. The van der Waals surface area contributed by atoms with Gasteiger partial charge < -0.3 is 14.8 Å². The molecule has 1 aliphatic rings. The molecule has 0 aliphatic carbocycles. The number of nitro benzene ring substituents is 1. The third kappa shape index (κ3) is 3.08. The summed E-state index contributed by atoms with van der Waals surface area (Å²) in [6, 6.07) is 12.7. The minimum absolute atomic E-state index is 0.0393. The fourth-order valence-electron chi connectivity index (χ4n) is 2.29. The van der Waals surface area contributed by atoms with Crippen molar-refractivity contribution in [2.45, 2.75) is 19.1 Å². The molecular formula is C16H14N2O5. The molecule has 0 bridgehead atoms. The van der Waals surface area contributed by atoms with Gasteiger partial charge in [0.05, 0.1) is 4.92 Å². The average molecular weight is 314 g/mol. The van der Waals surface area contributed by atoms with Gasteiger partial charge in [0.25, 0.3) is 11.6 Å². The molecule has 0 saturated carbocycles. The predicted octanol–water partition coefficient (Wildman–Crippen LogP) is 2.76. The van der Waals surface area contributed by atoms with Gasteiger partial charge in [-0.1, -0.05) is 12.1 Å².